The van der Waals surface area contributed by atoms with E-state index in [9.17, 15) is 4.79 Å². The number of hydrogen-bond acceptors (Lipinski definition) is 4. The van der Waals surface area contributed by atoms with Crippen LogP contribution in [0.1, 0.15) is 17.7 Å². The maximum absolute atomic E-state index is 12.1. The fourth-order valence-corrected chi connectivity index (χ4v) is 2.83. The number of aryl methyl sites for hydroxylation is 1. The highest BCUT2D eigenvalue weighted by atomic mass is 35.5. The Morgan fingerprint density at radius 1 is 1.48 bits per heavy atom. The molecule has 0 spiro atoms. The first-order valence-corrected chi connectivity index (χ1v) is 7.05. The molecule has 2 aromatic heterocycles. The van der Waals surface area contributed by atoms with Crippen molar-refractivity contribution in [1.29, 1.82) is 0 Å². The van der Waals surface area contributed by atoms with Crippen LogP contribution in [0, 0.1) is 6.92 Å². The average molecular weight is 309 g/mol. The maximum atomic E-state index is 12.1. The largest absolute Gasteiger partial charge is 0.316 e. The monoisotopic (exact) mass is 308 g/mol. The van der Waals surface area contributed by atoms with Crippen LogP contribution in [0.3, 0.4) is 0 Å². The van der Waals surface area contributed by atoms with E-state index in [1.165, 1.54) is 0 Å². The van der Waals surface area contributed by atoms with Gasteiger partial charge in [-0.05, 0) is 32.0 Å². The van der Waals surface area contributed by atoms with E-state index in [1.807, 2.05) is 26.1 Å². The second-order valence-corrected chi connectivity index (χ2v) is 5.48. The Labute approximate surface area is 130 Å². The van der Waals surface area contributed by atoms with E-state index < -0.39 is 0 Å². The van der Waals surface area contributed by atoms with E-state index in [4.69, 9.17) is 0 Å². The Morgan fingerprint density at radius 2 is 2.29 bits per heavy atom. The summed E-state index contributed by atoms with van der Waals surface area (Å²) in [6, 6.07) is 6.07. The van der Waals surface area contributed by atoms with Gasteiger partial charge in [0.25, 0.3) is 5.56 Å². The molecule has 1 saturated heterocycles. The number of fused-ring (bicyclic) bond motifs is 1. The molecule has 1 fully saturated rings. The van der Waals surface area contributed by atoms with Crippen LogP contribution < -0.4 is 10.9 Å². The topological polar surface area (TPSA) is 49.6 Å². The summed E-state index contributed by atoms with van der Waals surface area (Å²) < 4.78 is 1.61. The van der Waals surface area contributed by atoms with Gasteiger partial charge in [0.15, 0.2) is 0 Å². The third kappa shape index (κ3) is 3.26. The van der Waals surface area contributed by atoms with Crippen molar-refractivity contribution in [2.24, 2.45) is 0 Å². The van der Waals surface area contributed by atoms with E-state index >= 15 is 0 Å². The van der Waals surface area contributed by atoms with E-state index in [-0.39, 0.29) is 18.0 Å². The van der Waals surface area contributed by atoms with Gasteiger partial charge in [-0.3, -0.25) is 14.1 Å². The zero-order chi connectivity index (χ0) is 14.1. The van der Waals surface area contributed by atoms with Crippen LogP contribution in [0.4, 0.5) is 0 Å². The first-order chi connectivity index (χ1) is 9.67. The SMILES string of the molecule is CNC1CCN(Cc2cc(=O)n3cccc(C)c3n2)C1.Cl. The molecule has 114 valence electrons. The minimum Gasteiger partial charge on any atom is -0.316 e. The molecule has 0 bridgehead atoms. The molecule has 0 radical (unpaired) electrons. The van der Waals surface area contributed by atoms with E-state index in [1.54, 1.807) is 16.7 Å². The maximum Gasteiger partial charge on any atom is 0.258 e. The molecule has 0 amide bonds. The van der Waals surface area contributed by atoms with Crippen molar-refractivity contribution < 1.29 is 0 Å². The van der Waals surface area contributed by atoms with Gasteiger partial charge in [0.05, 0.1) is 5.69 Å². The molecule has 0 aliphatic carbocycles. The Kier molecular flexibility index (Phi) is 4.98. The second kappa shape index (κ2) is 6.56. The summed E-state index contributed by atoms with van der Waals surface area (Å²) >= 11 is 0. The first-order valence-electron chi connectivity index (χ1n) is 7.05. The number of likely N-dealkylation sites (tertiary alicyclic amines) is 1. The molecule has 0 saturated carbocycles. The van der Waals surface area contributed by atoms with Gasteiger partial charge in [0, 0.05) is 37.9 Å². The number of nitrogens with one attached hydrogen (secondary N) is 1. The minimum atomic E-state index is -0.00179. The molecular formula is C15H21ClN4O. The van der Waals surface area contributed by atoms with Crippen LogP contribution in [0.2, 0.25) is 0 Å². The summed E-state index contributed by atoms with van der Waals surface area (Å²) in [5.74, 6) is 0. The van der Waals surface area contributed by atoms with Gasteiger partial charge in [0.1, 0.15) is 5.65 Å². The number of nitrogens with zero attached hydrogens (tertiary/aromatic N) is 3. The fourth-order valence-electron chi connectivity index (χ4n) is 2.83. The van der Waals surface area contributed by atoms with Crippen molar-refractivity contribution in [3.63, 3.8) is 0 Å². The van der Waals surface area contributed by atoms with Crippen molar-refractivity contribution >= 4 is 18.1 Å². The van der Waals surface area contributed by atoms with Crippen LogP contribution in [-0.2, 0) is 6.54 Å². The van der Waals surface area contributed by atoms with Crippen molar-refractivity contribution in [2.45, 2.75) is 25.9 Å². The summed E-state index contributed by atoms with van der Waals surface area (Å²) in [4.78, 5) is 19.1. The third-order valence-corrected chi connectivity index (χ3v) is 4.01. The predicted molar refractivity (Wildman–Crippen MR) is 86.2 cm³/mol. The molecule has 1 atom stereocenters. The van der Waals surface area contributed by atoms with Crippen LogP contribution in [-0.4, -0.2) is 40.5 Å². The van der Waals surface area contributed by atoms with E-state index in [0.717, 1.165) is 43.0 Å². The van der Waals surface area contributed by atoms with Crippen LogP contribution in [0.15, 0.2) is 29.2 Å². The van der Waals surface area contributed by atoms with Crippen molar-refractivity contribution in [3.05, 3.63) is 46.0 Å². The fraction of sp³-hybridized carbons (Fsp3) is 0.467. The first kappa shape index (κ1) is 15.9. The molecule has 1 aliphatic heterocycles. The summed E-state index contributed by atoms with van der Waals surface area (Å²) in [6.07, 6.45) is 2.93. The van der Waals surface area contributed by atoms with Gasteiger partial charge >= 0.3 is 0 Å². The minimum absolute atomic E-state index is 0. The number of hydrogen-bond donors (Lipinski definition) is 1. The van der Waals surface area contributed by atoms with Crippen molar-refractivity contribution in [3.8, 4) is 0 Å². The highest BCUT2D eigenvalue weighted by Crippen LogP contribution is 2.12. The smallest absolute Gasteiger partial charge is 0.258 e. The Bertz CT molecular complexity index is 685. The number of rotatable bonds is 3. The number of aromatic nitrogens is 2. The molecule has 3 heterocycles. The standard InChI is InChI=1S/C15H20N4O.ClH/c1-11-4-3-6-19-14(20)8-13(17-15(11)19)10-18-7-5-12(9-18)16-2;/h3-4,6,8,12,16H,5,7,9-10H2,1-2H3;1H. The Morgan fingerprint density at radius 3 is 3.00 bits per heavy atom. The lowest BCUT2D eigenvalue weighted by molar-refractivity contribution is 0.318. The van der Waals surface area contributed by atoms with Crippen LogP contribution in [0.5, 0.6) is 0 Å². The molecule has 3 rings (SSSR count). The van der Waals surface area contributed by atoms with Crippen LogP contribution in [0.25, 0.3) is 5.65 Å². The highest BCUT2D eigenvalue weighted by molar-refractivity contribution is 5.85. The highest BCUT2D eigenvalue weighted by Gasteiger charge is 2.21. The lowest BCUT2D eigenvalue weighted by Gasteiger charge is -2.15. The number of pyridine rings is 1. The predicted octanol–water partition coefficient (Wildman–Crippen LogP) is 1.22. The summed E-state index contributed by atoms with van der Waals surface area (Å²) in [5.41, 5.74) is 2.65. The molecule has 1 unspecified atom stereocenters. The van der Waals surface area contributed by atoms with Crippen LogP contribution >= 0.6 is 12.4 Å². The molecule has 6 heteroatoms. The molecule has 0 aromatic carbocycles. The Hall–Kier alpha value is -1.43. The Balaban J connectivity index is 0.00000161. The van der Waals surface area contributed by atoms with Crippen molar-refractivity contribution in [1.82, 2.24) is 19.6 Å². The molecule has 21 heavy (non-hydrogen) atoms. The van der Waals surface area contributed by atoms with E-state index in [2.05, 4.69) is 15.2 Å². The molecular weight excluding hydrogens is 288 g/mol. The third-order valence-electron chi connectivity index (χ3n) is 4.01. The van der Waals surface area contributed by atoms with E-state index in [0.29, 0.717) is 6.04 Å². The molecule has 1 aliphatic rings. The summed E-state index contributed by atoms with van der Waals surface area (Å²) in [5, 5.41) is 3.30. The lowest BCUT2D eigenvalue weighted by atomic mass is 10.3. The van der Waals surface area contributed by atoms with Gasteiger partial charge < -0.3 is 5.32 Å². The molecule has 1 N–H and O–H groups in total. The van der Waals surface area contributed by atoms with Gasteiger partial charge in [-0.2, -0.15) is 0 Å². The summed E-state index contributed by atoms with van der Waals surface area (Å²) in [6.45, 7) is 4.81. The average Bonchev–Trinajstić information content (AvgIpc) is 2.88. The quantitative estimate of drug-likeness (QED) is 0.926. The lowest BCUT2D eigenvalue weighted by Crippen LogP contribution is -2.30. The molecule has 2 aromatic rings. The van der Waals surface area contributed by atoms with Gasteiger partial charge in [-0.1, -0.05) is 6.07 Å². The summed E-state index contributed by atoms with van der Waals surface area (Å²) in [7, 11) is 2.00. The number of halogens is 1. The molecule has 5 nitrogen and oxygen atoms in total. The number of likely N-dealkylation sites (N-methyl/N-ethyl adjacent to an activating group) is 1. The van der Waals surface area contributed by atoms with Gasteiger partial charge in [-0.25, -0.2) is 4.98 Å². The van der Waals surface area contributed by atoms with Gasteiger partial charge in [0.2, 0.25) is 0 Å². The zero-order valence-electron chi connectivity index (χ0n) is 12.4. The van der Waals surface area contributed by atoms with Crippen molar-refractivity contribution in [2.75, 3.05) is 20.1 Å². The van der Waals surface area contributed by atoms with Gasteiger partial charge in [-0.15, -0.1) is 12.4 Å². The normalized spacial score (nSPS) is 18.9. The second-order valence-electron chi connectivity index (χ2n) is 5.48. The zero-order valence-corrected chi connectivity index (χ0v) is 13.2.